The molecule has 1 amide bonds. The summed E-state index contributed by atoms with van der Waals surface area (Å²) >= 11 is 0. The molecule has 0 fully saturated rings. The van der Waals surface area contributed by atoms with Crippen LogP contribution in [0.2, 0.25) is 0 Å². The summed E-state index contributed by atoms with van der Waals surface area (Å²) < 4.78 is 46.8. The highest BCUT2D eigenvalue weighted by Gasteiger charge is 2.24. The van der Waals surface area contributed by atoms with Crippen molar-refractivity contribution in [3.05, 3.63) is 95.3 Å². The van der Waals surface area contributed by atoms with Gasteiger partial charge in [-0.05, 0) is 41.5 Å². The molecule has 0 aromatic heterocycles. The first-order chi connectivity index (χ1) is 15.8. The molecule has 1 N–H and O–H groups in total. The average Bonchev–Trinajstić information content (AvgIpc) is 2.83. The number of para-hydroxylation sites is 1. The van der Waals surface area contributed by atoms with Crippen LogP contribution >= 0.6 is 0 Å². The van der Waals surface area contributed by atoms with Crippen molar-refractivity contribution in [2.75, 3.05) is 13.1 Å². The first kappa shape index (κ1) is 24.4. The summed E-state index contributed by atoms with van der Waals surface area (Å²) in [5.41, 5.74) is 1.42. The van der Waals surface area contributed by atoms with Crippen molar-refractivity contribution in [2.45, 2.75) is 31.9 Å². The molecule has 3 aromatic carbocycles. The van der Waals surface area contributed by atoms with E-state index in [2.05, 4.69) is 5.32 Å². The number of carbonyl (C=O) groups is 1. The summed E-state index contributed by atoms with van der Waals surface area (Å²) in [5.74, 6) is -0.711. The third-order valence-corrected chi connectivity index (χ3v) is 7.16. The number of halogens is 1. The maximum absolute atomic E-state index is 14.3. The summed E-state index contributed by atoms with van der Waals surface area (Å²) in [7, 11) is -3.80. The Labute approximate surface area is 194 Å². The van der Waals surface area contributed by atoms with Crippen molar-refractivity contribution in [2.24, 2.45) is 0 Å². The van der Waals surface area contributed by atoms with Gasteiger partial charge in [-0.15, -0.1) is 0 Å². The number of nitrogens with zero attached hydrogens (tertiary/aromatic N) is 1. The highest BCUT2D eigenvalue weighted by Crippen LogP contribution is 2.19. The summed E-state index contributed by atoms with van der Waals surface area (Å²) in [6, 6.07) is 20.2. The Morgan fingerprint density at radius 1 is 0.939 bits per heavy atom. The third kappa shape index (κ3) is 6.18. The Morgan fingerprint density at radius 2 is 1.64 bits per heavy atom. The smallest absolute Gasteiger partial charge is 0.254 e. The standard InChI is InChI=1S/C25H27FN2O4S/c1-3-28(4-2)33(30,31)22-13-14-24(26)23(16-22)25(29)27-17-19-9-8-10-20(15-19)18-32-21-11-6-5-7-12-21/h5-16H,3-4,17-18H2,1-2H3,(H,27,29). The highest BCUT2D eigenvalue weighted by atomic mass is 32.2. The van der Waals surface area contributed by atoms with Gasteiger partial charge in [-0.3, -0.25) is 4.79 Å². The minimum atomic E-state index is -3.80. The van der Waals surface area contributed by atoms with Crippen LogP contribution in [0.5, 0.6) is 5.75 Å². The number of benzene rings is 3. The summed E-state index contributed by atoms with van der Waals surface area (Å²) in [6.45, 7) is 4.52. The summed E-state index contributed by atoms with van der Waals surface area (Å²) in [5, 5.41) is 2.66. The van der Waals surface area contributed by atoms with Crippen molar-refractivity contribution in [3.63, 3.8) is 0 Å². The normalized spacial score (nSPS) is 11.4. The van der Waals surface area contributed by atoms with Crippen molar-refractivity contribution in [1.29, 1.82) is 0 Å². The summed E-state index contributed by atoms with van der Waals surface area (Å²) in [6.07, 6.45) is 0. The van der Waals surface area contributed by atoms with Gasteiger partial charge in [0.2, 0.25) is 10.0 Å². The van der Waals surface area contributed by atoms with Crippen LogP contribution in [0.3, 0.4) is 0 Å². The molecule has 0 unspecified atom stereocenters. The molecule has 0 spiro atoms. The molecule has 0 saturated carbocycles. The second kappa shape index (κ2) is 11.1. The maximum atomic E-state index is 14.3. The Kier molecular flexibility index (Phi) is 8.19. The molecular formula is C25H27FN2O4S. The molecule has 174 valence electrons. The molecule has 0 heterocycles. The lowest BCUT2D eigenvalue weighted by Crippen LogP contribution is -2.31. The second-order valence-electron chi connectivity index (χ2n) is 7.34. The molecule has 3 aromatic rings. The molecule has 8 heteroatoms. The van der Waals surface area contributed by atoms with Gasteiger partial charge in [0.15, 0.2) is 0 Å². The number of rotatable bonds is 10. The van der Waals surface area contributed by atoms with Crippen LogP contribution in [0.25, 0.3) is 0 Å². The molecule has 0 bridgehead atoms. The van der Waals surface area contributed by atoms with Gasteiger partial charge in [-0.2, -0.15) is 4.31 Å². The molecule has 3 rings (SSSR count). The van der Waals surface area contributed by atoms with Crippen molar-refractivity contribution >= 4 is 15.9 Å². The minimum Gasteiger partial charge on any atom is -0.489 e. The quantitative estimate of drug-likeness (QED) is 0.478. The number of sulfonamides is 1. The zero-order valence-corrected chi connectivity index (χ0v) is 19.4. The van der Waals surface area contributed by atoms with E-state index in [0.717, 1.165) is 29.0 Å². The van der Waals surface area contributed by atoms with Gasteiger partial charge in [-0.1, -0.05) is 56.3 Å². The molecule has 0 aliphatic carbocycles. The van der Waals surface area contributed by atoms with E-state index in [9.17, 15) is 17.6 Å². The number of hydrogen-bond acceptors (Lipinski definition) is 4. The van der Waals surface area contributed by atoms with E-state index in [1.54, 1.807) is 13.8 Å². The topological polar surface area (TPSA) is 75.7 Å². The average molecular weight is 471 g/mol. The fraction of sp³-hybridized carbons (Fsp3) is 0.240. The van der Waals surface area contributed by atoms with E-state index < -0.39 is 21.7 Å². The monoisotopic (exact) mass is 470 g/mol. The van der Waals surface area contributed by atoms with Crippen LogP contribution in [0, 0.1) is 5.82 Å². The molecule has 33 heavy (non-hydrogen) atoms. The second-order valence-corrected chi connectivity index (χ2v) is 9.27. The lowest BCUT2D eigenvalue weighted by atomic mass is 10.1. The van der Waals surface area contributed by atoms with Crippen LogP contribution in [0.15, 0.2) is 77.7 Å². The largest absolute Gasteiger partial charge is 0.489 e. The van der Waals surface area contributed by atoms with Crippen LogP contribution in [0.1, 0.15) is 35.3 Å². The van der Waals surface area contributed by atoms with Crippen LogP contribution < -0.4 is 10.1 Å². The van der Waals surface area contributed by atoms with Crippen LogP contribution in [0.4, 0.5) is 4.39 Å². The predicted octanol–water partition coefficient (Wildman–Crippen LogP) is 4.37. The molecule has 6 nitrogen and oxygen atoms in total. The van der Waals surface area contributed by atoms with Gasteiger partial charge >= 0.3 is 0 Å². The SMILES string of the molecule is CCN(CC)S(=O)(=O)c1ccc(F)c(C(=O)NCc2cccc(COc3ccccc3)c2)c1. The molecule has 0 saturated heterocycles. The lowest BCUT2D eigenvalue weighted by Gasteiger charge is -2.19. The summed E-state index contributed by atoms with van der Waals surface area (Å²) in [4.78, 5) is 12.5. The van der Waals surface area contributed by atoms with Gasteiger partial charge in [0, 0.05) is 19.6 Å². The van der Waals surface area contributed by atoms with Gasteiger partial charge in [0.05, 0.1) is 10.5 Å². The van der Waals surface area contributed by atoms with E-state index in [4.69, 9.17) is 4.74 Å². The number of ether oxygens (including phenoxy) is 1. The van der Waals surface area contributed by atoms with E-state index in [1.165, 1.54) is 10.4 Å². The number of amides is 1. The van der Waals surface area contributed by atoms with E-state index in [1.807, 2.05) is 54.6 Å². The molecule has 0 aliphatic rings. The van der Waals surface area contributed by atoms with Gasteiger partial charge in [0.25, 0.3) is 5.91 Å². The van der Waals surface area contributed by atoms with Crippen molar-refractivity contribution < 1.29 is 22.3 Å². The van der Waals surface area contributed by atoms with Crippen molar-refractivity contribution in [3.8, 4) is 5.75 Å². The predicted molar refractivity (Wildman–Crippen MR) is 125 cm³/mol. The fourth-order valence-corrected chi connectivity index (χ4v) is 4.83. The highest BCUT2D eigenvalue weighted by molar-refractivity contribution is 7.89. The maximum Gasteiger partial charge on any atom is 0.254 e. The van der Waals surface area contributed by atoms with Crippen LogP contribution in [-0.4, -0.2) is 31.7 Å². The van der Waals surface area contributed by atoms with E-state index in [0.29, 0.717) is 6.61 Å². The third-order valence-electron chi connectivity index (χ3n) is 5.12. The van der Waals surface area contributed by atoms with Gasteiger partial charge in [0.1, 0.15) is 18.2 Å². The van der Waals surface area contributed by atoms with Gasteiger partial charge in [-0.25, -0.2) is 12.8 Å². The van der Waals surface area contributed by atoms with E-state index >= 15 is 0 Å². The first-order valence-corrected chi connectivity index (χ1v) is 12.1. The Bertz CT molecular complexity index is 1200. The first-order valence-electron chi connectivity index (χ1n) is 10.7. The molecule has 0 atom stereocenters. The van der Waals surface area contributed by atoms with Crippen LogP contribution in [-0.2, 0) is 23.2 Å². The molecule has 0 radical (unpaired) electrons. The van der Waals surface area contributed by atoms with Gasteiger partial charge < -0.3 is 10.1 Å². The lowest BCUT2D eigenvalue weighted by molar-refractivity contribution is 0.0946. The Hall–Kier alpha value is -3.23. The van der Waals surface area contributed by atoms with E-state index in [-0.39, 0.29) is 30.1 Å². The Morgan fingerprint density at radius 3 is 2.33 bits per heavy atom. The van der Waals surface area contributed by atoms with Crippen molar-refractivity contribution in [1.82, 2.24) is 9.62 Å². The molecular weight excluding hydrogens is 443 g/mol. The number of nitrogens with one attached hydrogen (secondary N) is 1. The fourth-order valence-electron chi connectivity index (χ4n) is 3.34. The zero-order valence-electron chi connectivity index (χ0n) is 18.6. The zero-order chi connectivity index (χ0) is 23.8. The Balaban J connectivity index is 1.68. The minimum absolute atomic E-state index is 0.113. The number of hydrogen-bond donors (Lipinski definition) is 1. The number of carbonyl (C=O) groups excluding carboxylic acids is 1. The molecule has 0 aliphatic heterocycles.